The maximum absolute atomic E-state index is 2.49. The van der Waals surface area contributed by atoms with Crippen LogP contribution in [-0.4, -0.2) is 0 Å². The van der Waals surface area contributed by atoms with Crippen LogP contribution in [0.15, 0.2) is 0 Å². The first-order valence-corrected chi connectivity index (χ1v) is 27.8. The van der Waals surface area contributed by atoms with Crippen molar-refractivity contribution in [2.45, 2.75) is 282 Å². The van der Waals surface area contributed by atoms with Gasteiger partial charge in [0.05, 0.1) is 0 Å². The van der Waals surface area contributed by atoms with E-state index in [-0.39, 0.29) is 0 Å². The fourth-order valence-corrected chi connectivity index (χ4v) is 16.5. The van der Waals surface area contributed by atoms with E-state index >= 15 is 0 Å². The number of hydrogen-bond donors (Lipinski definition) is 0. The van der Waals surface area contributed by atoms with Crippen LogP contribution in [0.1, 0.15) is 282 Å². The third kappa shape index (κ3) is 12.2. The van der Waals surface area contributed by atoms with Gasteiger partial charge in [0.15, 0.2) is 0 Å². The van der Waals surface area contributed by atoms with Gasteiger partial charge >= 0.3 is 0 Å². The predicted octanol–water partition coefficient (Wildman–Crippen LogP) is 19.5. The van der Waals surface area contributed by atoms with Crippen molar-refractivity contribution in [3.8, 4) is 0 Å². The Labute approximate surface area is 372 Å². The largest absolute Gasteiger partial charge is 0.0625 e. The van der Waals surface area contributed by atoms with E-state index in [1.165, 1.54) is 135 Å². The van der Waals surface area contributed by atoms with Crippen molar-refractivity contribution in [2.24, 2.45) is 91.7 Å². The summed E-state index contributed by atoms with van der Waals surface area (Å²) in [5.41, 5.74) is 4.59. The van der Waals surface area contributed by atoms with E-state index < -0.39 is 0 Å². The minimum atomic E-state index is 0.571. The molecule has 10 fully saturated rings. The lowest BCUT2D eigenvalue weighted by Crippen LogP contribution is -2.34. The van der Waals surface area contributed by atoms with Crippen molar-refractivity contribution in [3.63, 3.8) is 0 Å². The highest BCUT2D eigenvalue weighted by Crippen LogP contribution is 2.64. The zero-order valence-corrected chi connectivity index (χ0v) is 42.7. The van der Waals surface area contributed by atoms with Gasteiger partial charge in [0.25, 0.3) is 0 Å². The van der Waals surface area contributed by atoms with E-state index in [1.54, 1.807) is 64.2 Å². The summed E-state index contributed by atoms with van der Waals surface area (Å²) >= 11 is 0. The third-order valence-electron chi connectivity index (χ3n) is 21.9. The van der Waals surface area contributed by atoms with Crippen LogP contribution in [0.2, 0.25) is 0 Å². The number of hydrogen-bond acceptors (Lipinski definition) is 0. The molecule has 0 radical (unpaired) electrons. The summed E-state index contributed by atoms with van der Waals surface area (Å²) in [4.78, 5) is 0. The summed E-state index contributed by atoms with van der Waals surface area (Å²) in [6, 6.07) is 0. The predicted molar refractivity (Wildman–Crippen MR) is 261 cm³/mol. The zero-order chi connectivity index (χ0) is 42.7. The Bertz CT molecular complexity index is 1200. The maximum Gasteiger partial charge on any atom is -0.0269 e. The Morgan fingerprint density at radius 1 is 0.407 bits per heavy atom. The summed E-state index contributed by atoms with van der Waals surface area (Å²) in [6.07, 6.45) is 47.5. The molecule has 0 aromatic rings. The van der Waals surface area contributed by atoms with Gasteiger partial charge < -0.3 is 0 Å². The molecule has 0 saturated heterocycles. The molecule has 10 aliphatic rings. The molecule has 10 saturated carbocycles. The highest BCUT2D eigenvalue weighted by Gasteiger charge is 2.52. The molecule has 10 aliphatic carbocycles. The highest BCUT2D eigenvalue weighted by molar-refractivity contribution is 5.03. The molecule has 0 heteroatoms. The van der Waals surface area contributed by atoms with E-state index in [0.29, 0.717) is 5.41 Å². The Morgan fingerprint density at radius 3 is 1.31 bits per heavy atom. The molecular weight excluding hydrogens is 709 g/mol. The fourth-order valence-electron chi connectivity index (χ4n) is 16.5. The van der Waals surface area contributed by atoms with Gasteiger partial charge in [-0.2, -0.15) is 0 Å². The van der Waals surface area contributed by atoms with Gasteiger partial charge in [0.1, 0.15) is 0 Å². The highest BCUT2D eigenvalue weighted by atomic mass is 14.6. The Hall–Kier alpha value is 0. The normalized spacial score (nSPS) is 38.9. The van der Waals surface area contributed by atoms with Gasteiger partial charge in [-0.05, 0) is 239 Å². The first-order chi connectivity index (χ1) is 27.8. The second-order valence-electron chi connectivity index (χ2n) is 27.8. The third-order valence-corrected chi connectivity index (χ3v) is 21.9. The van der Waals surface area contributed by atoms with Crippen LogP contribution in [0.3, 0.4) is 0 Å². The molecule has 10 rings (SSSR count). The molecule has 2 spiro atoms. The molecule has 0 nitrogen and oxygen atoms in total. The van der Waals surface area contributed by atoms with Crippen LogP contribution in [-0.2, 0) is 0 Å². The lowest BCUT2D eigenvalue weighted by Gasteiger charge is -2.47. The summed E-state index contributed by atoms with van der Waals surface area (Å²) in [5, 5.41) is 0. The second-order valence-corrected chi connectivity index (χ2v) is 27.8. The average Bonchev–Trinajstić information content (AvgIpc) is 4.03. The molecule has 0 aromatic carbocycles. The Kier molecular flexibility index (Phi) is 16.4. The number of fused-ring (bicyclic) bond motifs is 6. The van der Waals surface area contributed by atoms with E-state index in [9.17, 15) is 0 Å². The first-order valence-electron chi connectivity index (χ1n) is 27.8. The van der Waals surface area contributed by atoms with Gasteiger partial charge in [-0.15, -0.1) is 0 Å². The van der Waals surface area contributed by atoms with Crippen LogP contribution in [0.25, 0.3) is 0 Å². The van der Waals surface area contributed by atoms with Crippen molar-refractivity contribution < 1.29 is 0 Å². The molecule has 3 atom stereocenters. The van der Waals surface area contributed by atoms with Gasteiger partial charge in [0.2, 0.25) is 0 Å². The smallest absolute Gasteiger partial charge is 0.0269 e. The first kappa shape index (κ1) is 48.5. The van der Waals surface area contributed by atoms with Gasteiger partial charge in [0, 0.05) is 0 Å². The lowest BCUT2D eigenvalue weighted by atomic mass is 9.58. The van der Waals surface area contributed by atoms with Crippen molar-refractivity contribution in [2.75, 3.05) is 0 Å². The van der Waals surface area contributed by atoms with Crippen LogP contribution in [0.5, 0.6) is 0 Å². The molecule has 344 valence electrons. The molecular formula is C59H108. The molecule has 0 aliphatic heterocycles. The van der Waals surface area contributed by atoms with Crippen LogP contribution >= 0.6 is 0 Å². The topological polar surface area (TPSA) is 0 Å². The molecule has 6 bridgehead atoms. The van der Waals surface area contributed by atoms with E-state index in [0.717, 1.165) is 86.3 Å². The van der Waals surface area contributed by atoms with Crippen molar-refractivity contribution in [3.05, 3.63) is 0 Å². The van der Waals surface area contributed by atoms with Gasteiger partial charge in [-0.1, -0.05) is 134 Å². The van der Waals surface area contributed by atoms with Crippen molar-refractivity contribution in [1.82, 2.24) is 0 Å². The summed E-state index contributed by atoms with van der Waals surface area (Å²) in [7, 11) is 0. The maximum atomic E-state index is 2.49. The minimum Gasteiger partial charge on any atom is -0.0625 e. The van der Waals surface area contributed by atoms with Crippen LogP contribution in [0, 0.1) is 91.7 Å². The van der Waals surface area contributed by atoms with Gasteiger partial charge in [-0.25, -0.2) is 0 Å². The fraction of sp³-hybridized carbons (Fsp3) is 1.00. The Balaban J connectivity index is 0.000000124. The Morgan fingerprint density at radius 2 is 0.932 bits per heavy atom. The van der Waals surface area contributed by atoms with E-state index in [1.807, 2.05) is 0 Å². The molecule has 0 heterocycles. The molecule has 0 amide bonds. The minimum absolute atomic E-state index is 0.571. The molecule has 0 N–H and O–H groups in total. The quantitative estimate of drug-likeness (QED) is 0.265. The summed E-state index contributed by atoms with van der Waals surface area (Å²) in [6.45, 7) is 29.0. The lowest BCUT2D eigenvalue weighted by molar-refractivity contribution is 0.0449. The van der Waals surface area contributed by atoms with Crippen LogP contribution in [0.4, 0.5) is 0 Å². The monoisotopic (exact) mass is 817 g/mol. The summed E-state index contributed by atoms with van der Waals surface area (Å²) < 4.78 is 0. The molecule has 3 unspecified atom stereocenters. The second kappa shape index (κ2) is 20.0. The van der Waals surface area contributed by atoms with E-state index in [2.05, 4.69) is 83.1 Å². The average molecular weight is 818 g/mol. The van der Waals surface area contributed by atoms with Crippen LogP contribution < -0.4 is 0 Å². The SMILES string of the molecule is CC(C)(C)C1CC2CCC(C2)C1.CC(C)C12CCC(C)(CC1)C2.CC(C)C12CCC(CC1)C2.CC(C)C1CCC2(CCC2)CC1.CC(C)C1CCCC2(CCCCC2)C1. The van der Waals surface area contributed by atoms with Gasteiger partial charge in [-0.3, -0.25) is 0 Å². The molecule has 0 aromatic heterocycles. The van der Waals surface area contributed by atoms with E-state index in [4.69, 9.17) is 0 Å². The standard InChI is InChI=1S/C14H26.2C12H22.C11H20.C10H18/c1-12(2)13-7-6-10-14(11-13)8-4-3-5-9-14;1-10(2)11-4-8-12(9-5-11)6-3-7-12;1-12(2,3)11-7-9-4-5-10(6-9)8-11;1-9(2)11-6-4-10(3,8-11)5-7-11;1-8(2)10-5-3-9(7-10)4-6-10/h12-13H,3-11H2,1-2H3;10-11H,3-9H2,1-2H3;9-11H,4-8H2,1-3H3;9H,4-8H2,1-3H3;8-9H,3-7H2,1-2H3. The zero-order valence-electron chi connectivity index (χ0n) is 42.7. The summed E-state index contributed by atoms with van der Waals surface area (Å²) in [5.74, 6) is 10.2. The number of rotatable bonds is 4. The van der Waals surface area contributed by atoms with Crippen molar-refractivity contribution in [1.29, 1.82) is 0 Å². The molecule has 59 heavy (non-hydrogen) atoms. The van der Waals surface area contributed by atoms with Crippen molar-refractivity contribution >= 4 is 0 Å².